The van der Waals surface area contributed by atoms with Gasteiger partial charge in [0.1, 0.15) is 0 Å². The molecule has 1 aromatic carbocycles. The third kappa shape index (κ3) is 1.98. The van der Waals surface area contributed by atoms with Gasteiger partial charge in [0.2, 0.25) is 0 Å². The molecular formula is C10H14O2. The average Bonchev–Trinajstić information content (AvgIpc) is 2.17. The number of benzene rings is 1. The van der Waals surface area contributed by atoms with Crippen LogP contribution in [0, 0.1) is 0 Å². The molecule has 66 valence electrons. The summed E-state index contributed by atoms with van der Waals surface area (Å²) in [6.07, 6.45) is 1.12. The van der Waals surface area contributed by atoms with Gasteiger partial charge < -0.3 is 4.89 Å². The first kappa shape index (κ1) is 9.07. The fourth-order valence-corrected chi connectivity index (χ4v) is 1.09. The number of hydrogen-bond acceptors (Lipinski definition) is 2. The zero-order valence-electron chi connectivity index (χ0n) is 7.45. The molecule has 0 aliphatic heterocycles. The van der Waals surface area contributed by atoms with E-state index in [2.05, 4.69) is 18.7 Å². The maximum atomic E-state index is 8.32. The molecule has 0 saturated carbocycles. The lowest BCUT2D eigenvalue weighted by Crippen LogP contribution is -1.91. The summed E-state index contributed by atoms with van der Waals surface area (Å²) in [5.74, 6) is 1.06. The summed E-state index contributed by atoms with van der Waals surface area (Å²) < 4.78 is 0. The molecule has 2 nitrogen and oxygen atoms in total. The predicted molar refractivity (Wildman–Crippen MR) is 48.4 cm³/mol. The van der Waals surface area contributed by atoms with E-state index in [1.807, 2.05) is 12.1 Å². The fraction of sp³-hybridized carbons (Fsp3) is 0.400. The maximum Gasteiger partial charge on any atom is 0.165 e. The molecule has 1 rings (SSSR count). The lowest BCUT2D eigenvalue weighted by molar-refractivity contribution is -0.137. The third-order valence-electron chi connectivity index (χ3n) is 2.17. The maximum absolute atomic E-state index is 8.32. The molecule has 2 heteroatoms. The van der Waals surface area contributed by atoms with Gasteiger partial charge >= 0.3 is 0 Å². The normalized spacial score (nSPS) is 12.6. The van der Waals surface area contributed by atoms with Crippen LogP contribution in [0.5, 0.6) is 5.75 Å². The molecule has 0 aliphatic carbocycles. The Hall–Kier alpha value is -1.02. The highest BCUT2D eigenvalue weighted by Crippen LogP contribution is 2.20. The van der Waals surface area contributed by atoms with Gasteiger partial charge in [0.15, 0.2) is 5.75 Å². The smallest absolute Gasteiger partial charge is 0.165 e. The average molecular weight is 166 g/mol. The van der Waals surface area contributed by atoms with E-state index in [0.29, 0.717) is 11.7 Å². The highest BCUT2D eigenvalue weighted by atomic mass is 17.1. The Bertz CT molecular complexity index is 228. The molecule has 0 aliphatic rings. The first-order valence-corrected chi connectivity index (χ1v) is 4.19. The minimum absolute atomic E-state index is 0.488. The second kappa shape index (κ2) is 4.12. The Morgan fingerprint density at radius 1 is 1.33 bits per heavy atom. The van der Waals surface area contributed by atoms with Gasteiger partial charge in [-0.1, -0.05) is 26.0 Å². The number of hydrogen-bond donors (Lipinski definition) is 1. The molecule has 0 saturated heterocycles. The summed E-state index contributed by atoms with van der Waals surface area (Å²) in [5, 5.41) is 8.32. The fourth-order valence-electron chi connectivity index (χ4n) is 1.09. The molecule has 1 atom stereocenters. The first-order chi connectivity index (χ1) is 5.77. The van der Waals surface area contributed by atoms with E-state index in [1.54, 1.807) is 12.1 Å². The molecule has 1 aromatic rings. The van der Waals surface area contributed by atoms with Crippen LogP contribution >= 0.6 is 0 Å². The van der Waals surface area contributed by atoms with Crippen LogP contribution in [0.15, 0.2) is 24.3 Å². The van der Waals surface area contributed by atoms with Gasteiger partial charge in [0, 0.05) is 0 Å². The standard InChI is InChI=1S/C10H14O2/c1-3-8(2)9-4-6-10(12-11)7-5-9/h4-8,11H,3H2,1-2H3. The van der Waals surface area contributed by atoms with E-state index in [4.69, 9.17) is 5.26 Å². The Balaban J connectivity index is 2.77. The van der Waals surface area contributed by atoms with E-state index in [0.717, 1.165) is 6.42 Å². The molecule has 0 radical (unpaired) electrons. The van der Waals surface area contributed by atoms with Crippen LogP contribution in [0.1, 0.15) is 31.7 Å². The summed E-state index contributed by atoms with van der Waals surface area (Å²) in [5.41, 5.74) is 1.28. The minimum atomic E-state index is 0.488. The van der Waals surface area contributed by atoms with Crippen LogP contribution in [-0.4, -0.2) is 5.26 Å². The van der Waals surface area contributed by atoms with E-state index < -0.39 is 0 Å². The summed E-state index contributed by atoms with van der Waals surface area (Å²) in [4.78, 5) is 4.08. The van der Waals surface area contributed by atoms with Crippen molar-refractivity contribution in [1.82, 2.24) is 0 Å². The van der Waals surface area contributed by atoms with Gasteiger partial charge in [-0.25, -0.2) is 5.26 Å². The van der Waals surface area contributed by atoms with Gasteiger partial charge in [-0.3, -0.25) is 0 Å². The Morgan fingerprint density at radius 2 is 1.92 bits per heavy atom. The zero-order valence-corrected chi connectivity index (χ0v) is 7.45. The van der Waals surface area contributed by atoms with Crippen molar-refractivity contribution < 1.29 is 10.1 Å². The van der Waals surface area contributed by atoms with Crippen molar-refractivity contribution in [2.45, 2.75) is 26.2 Å². The SMILES string of the molecule is CCC(C)c1ccc(OO)cc1. The Labute approximate surface area is 72.7 Å². The van der Waals surface area contributed by atoms with Gasteiger partial charge in [-0.05, 0) is 30.0 Å². The molecular weight excluding hydrogens is 152 g/mol. The second-order valence-electron chi connectivity index (χ2n) is 2.97. The molecule has 0 aromatic heterocycles. The first-order valence-electron chi connectivity index (χ1n) is 4.19. The van der Waals surface area contributed by atoms with Crippen LogP contribution in [0.25, 0.3) is 0 Å². The monoisotopic (exact) mass is 166 g/mol. The summed E-state index contributed by atoms with van der Waals surface area (Å²) >= 11 is 0. The largest absolute Gasteiger partial charge is 0.340 e. The topological polar surface area (TPSA) is 29.5 Å². The van der Waals surface area contributed by atoms with Crippen molar-refractivity contribution in [3.05, 3.63) is 29.8 Å². The second-order valence-corrected chi connectivity index (χ2v) is 2.97. The summed E-state index contributed by atoms with van der Waals surface area (Å²) in [7, 11) is 0. The van der Waals surface area contributed by atoms with Crippen molar-refractivity contribution in [1.29, 1.82) is 0 Å². The molecule has 1 unspecified atom stereocenters. The molecule has 12 heavy (non-hydrogen) atoms. The van der Waals surface area contributed by atoms with Gasteiger partial charge in [-0.15, -0.1) is 0 Å². The molecule has 0 spiro atoms. The Kier molecular flexibility index (Phi) is 3.11. The molecule has 0 bridgehead atoms. The van der Waals surface area contributed by atoms with Crippen molar-refractivity contribution in [2.24, 2.45) is 0 Å². The number of rotatable bonds is 3. The van der Waals surface area contributed by atoms with Crippen LogP contribution < -0.4 is 4.89 Å². The van der Waals surface area contributed by atoms with E-state index in [9.17, 15) is 0 Å². The van der Waals surface area contributed by atoms with Crippen molar-refractivity contribution in [2.75, 3.05) is 0 Å². The van der Waals surface area contributed by atoms with Crippen LogP contribution in [0.2, 0.25) is 0 Å². The van der Waals surface area contributed by atoms with Gasteiger partial charge in [0.25, 0.3) is 0 Å². The minimum Gasteiger partial charge on any atom is -0.340 e. The Morgan fingerprint density at radius 3 is 2.33 bits per heavy atom. The lowest BCUT2D eigenvalue weighted by atomic mass is 9.99. The highest BCUT2D eigenvalue weighted by molar-refractivity contribution is 5.28. The van der Waals surface area contributed by atoms with E-state index in [-0.39, 0.29) is 0 Å². The quantitative estimate of drug-likeness (QED) is 0.552. The van der Waals surface area contributed by atoms with E-state index in [1.165, 1.54) is 5.56 Å². The van der Waals surface area contributed by atoms with Crippen molar-refractivity contribution in [3.8, 4) is 5.75 Å². The van der Waals surface area contributed by atoms with Crippen molar-refractivity contribution in [3.63, 3.8) is 0 Å². The van der Waals surface area contributed by atoms with E-state index >= 15 is 0 Å². The zero-order chi connectivity index (χ0) is 8.97. The molecule has 0 heterocycles. The van der Waals surface area contributed by atoms with Crippen LogP contribution in [0.4, 0.5) is 0 Å². The third-order valence-corrected chi connectivity index (χ3v) is 2.17. The van der Waals surface area contributed by atoms with Crippen LogP contribution in [0.3, 0.4) is 0 Å². The summed E-state index contributed by atoms with van der Waals surface area (Å²) in [6, 6.07) is 7.47. The van der Waals surface area contributed by atoms with Gasteiger partial charge in [-0.2, -0.15) is 0 Å². The van der Waals surface area contributed by atoms with Crippen molar-refractivity contribution >= 4 is 0 Å². The highest BCUT2D eigenvalue weighted by Gasteiger charge is 2.01. The molecule has 0 amide bonds. The summed E-state index contributed by atoms with van der Waals surface area (Å²) in [6.45, 7) is 4.33. The van der Waals surface area contributed by atoms with Crippen LogP contribution in [-0.2, 0) is 0 Å². The van der Waals surface area contributed by atoms with Gasteiger partial charge in [0.05, 0.1) is 0 Å². The molecule has 1 N–H and O–H groups in total. The molecule has 0 fully saturated rings. The predicted octanol–water partition coefficient (Wildman–Crippen LogP) is 3.05. The lowest BCUT2D eigenvalue weighted by Gasteiger charge is -2.08.